The molecule has 1 aromatic heterocycles. The van der Waals surface area contributed by atoms with Crippen molar-refractivity contribution in [3.8, 4) is 5.75 Å². The van der Waals surface area contributed by atoms with E-state index in [9.17, 15) is 9.90 Å². The van der Waals surface area contributed by atoms with Gasteiger partial charge in [0.05, 0.1) is 0 Å². The first kappa shape index (κ1) is 14.3. The van der Waals surface area contributed by atoms with Crippen LogP contribution in [0.25, 0.3) is 0 Å². The quantitative estimate of drug-likeness (QED) is 0.883. The molecule has 0 saturated heterocycles. The lowest BCUT2D eigenvalue weighted by molar-refractivity contribution is 0.0993. The lowest BCUT2D eigenvalue weighted by Crippen LogP contribution is -2.26. The number of pyridine rings is 1. The van der Waals surface area contributed by atoms with Crippen LogP contribution in [0.1, 0.15) is 23.0 Å². The third-order valence-electron chi connectivity index (χ3n) is 2.98. The molecule has 0 atom stereocenters. The van der Waals surface area contributed by atoms with Gasteiger partial charge in [-0.2, -0.15) is 0 Å². The number of phenols is 1. The molecule has 0 unspecified atom stereocenters. The summed E-state index contributed by atoms with van der Waals surface area (Å²) in [7, 11) is 1.65. The summed E-state index contributed by atoms with van der Waals surface area (Å²) in [4.78, 5) is 18.0. The number of carbonyl (C=O) groups excluding carboxylic acids is 1. The van der Waals surface area contributed by atoms with Crippen molar-refractivity contribution in [2.75, 3.05) is 11.9 Å². The van der Waals surface area contributed by atoms with Crippen molar-refractivity contribution >= 4 is 23.2 Å². The highest BCUT2D eigenvalue weighted by Crippen LogP contribution is 2.21. The second kappa shape index (κ2) is 5.92. The number of benzene rings is 1. The van der Waals surface area contributed by atoms with E-state index in [1.165, 1.54) is 11.0 Å². The van der Waals surface area contributed by atoms with Crippen LogP contribution in [0.4, 0.5) is 5.69 Å². The molecule has 1 aromatic carbocycles. The fourth-order valence-electron chi connectivity index (χ4n) is 1.87. The fourth-order valence-corrected chi connectivity index (χ4v) is 2.09. The molecule has 0 saturated carbocycles. The standard InChI is InChI=1S/C15H15ClN2O2/c1-3-11-7-10(8-14(16)17-11)15(20)18(2)12-5-4-6-13(19)9-12/h4-9,19H,3H2,1-2H3. The molecule has 0 aliphatic rings. The van der Waals surface area contributed by atoms with Crippen LogP contribution in [0.5, 0.6) is 5.75 Å². The number of aryl methyl sites for hydroxylation is 1. The average Bonchev–Trinajstić information content (AvgIpc) is 2.45. The number of halogens is 1. The summed E-state index contributed by atoms with van der Waals surface area (Å²) in [5.74, 6) is -0.0845. The molecule has 0 fully saturated rings. The van der Waals surface area contributed by atoms with Crippen LogP contribution in [0.15, 0.2) is 36.4 Å². The Labute approximate surface area is 122 Å². The zero-order chi connectivity index (χ0) is 14.7. The molecule has 1 N–H and O–H groups in total. The molecular formula is C15H15ClN2O2. The zero-order valence-corrected chi connectivity index (χ0v) is 12.1. The van der Waals surface area contributed by atoms with E-state index >= 15 is 0 Å². The summed E-state index contributed by atoms with van der Waals surface area (Å²) in [6, 6.07) is 9.80. The van der Waals surface area contributed by atoms with Gasteiger partial charge in [-0.25, -0.2) is 4.98 Å². The van der Waals surface area contributed by atoms with Crippen molar-refractivity contribution in [1.82, 2.24) is 4.98 Å². The normalized spacial score (nSPS) is 10.3. The van der Waals surface area contributed by atoms with Crippen LogP contribution >= 0.6 is 11.6 Å². The maximum absolute atomic E-state index is 12.4. The number of aromatic hydroxyl groups is 1. The van der Waals surface area contributed by atoms with Gasteiger partial charge in [0.2, 0.25) is 0 Å². The third kappa shape index (κ3) is 3.08. The van der Waals surface area contributed by atoms with Crippen molar-refractivity contribution < 1.29 is 9.90 Å². The van der Waals surface area contributed by atoms with Crippen molar-refractivity contribution in [2.24, 2.45) is 0 Å². The maximum Gasteiger partial charge on any atom is 0.258 e. The molecule has 20 heavy (non-hydrogen) atoms. The number of aromatic nitrogens is 1. The molecule has 0 aliphatic carbocycles. The highest BCUT2D eigenvalue weighted by molar-refractivity contribution is 6.29. The number of hydrogen-bond donors (Lipinski definition) is 1. The summed E-state index contributed by atoms with van der Waals surface area (Å²) < 4.78 is 0. The Bertz CT molecular complexity index is 644. The van der Waals surface area contributed by atoms with Gasteiger partial charge in [-0.15, -0.1) is 0 Å². The molecule has 1 amide bonds. The Kier molecular flexibility index (Phi) is 4.25. The third-order valence-corrected chi connectivity index (χ3v) is 3.17. The second-order valence-corrected chi connectivity index (χ2v) is 4.79. The number of phenolic OH excluding ortho intramolecular Hbond substituents is 1. The van der Waals surface area contributed by atoms with Gasteiger partial charge in [0.15, 0.2) is 0 Å². The van der Waals surface area contributed by atoms with E-state index in [2.05, 4.69) is 4.98 Å². The summed E-state index contributed by atoms with van der Waals surface area (Å²) in [5.41, 5.74) is 1.86. The van der Waals surface area contributed by atoms with E-state index in [0.29, 0.717) is 22.8 Å². The van der Waals surface area contributed by atoms with Crippen molar-refractivity contribution in [3.05, 3.63) is 52.8 Å². The van der Waals surface area contributed by atoms with Crippen LogP contribution in [0.2, 0.25) is 5.15 Å². The Balaban J connectivity index is 2.33. The Morgan fingerprint density at radius 2 is 2.10 bits per heavy atom. The van der Waals surface area contributed by atoms with Gasteiger partial charge < -0.3 is 10.0 Å². The van der Waals surface area contributed by atoms with Crippen LogP contribution in [0.3, 0.4) is 0 Å². The Morgan fingerprint density at radius 3 is 2.75 bits per heavy atom. The average molecular weight is 291 g/mol. The molecule has 104 valence electrons. The first-order valence-electron chi connectivity index (χ1n) is 6.25. The van der Waals surface area contributed by atoms with E-state index < -0.39 is 0 Å². The first-order chi connectivity index (χ1) is 9.51. The van der Waals surface area contributed by atoms with E-state index in [0.717, 1.165) is 5.69 Å². The highest BCUT2D eigenvalue weighted by Gasteiger charge is 2.15. The molecule has 0 spiro atoms. The topological polar surface area (TPSA) is 53.4 Å². The number of nitrogens with zero attached hydrogens (tertiary/aromatic N) is 2. The molecule has 0 bridgehead atoms. The minimum absolute atomic E-state index is 0.115. The van der Waals surface area contributed by atoms with Gasteiger partial charge in [0.25, 0.3) is 5.91 Å². The predicted molar refractivity (Wildman–Crippen MR) is 79.5 cm³/mol. The summed E-state index contributed by atoms with van der Waals surface area (Å²) in [6.45, 7) is 1.95. The van der Waals surface area contributed by atoms with Crippen molar-refractivity contribution in [2.45, 2.75) is 13.3 Å². The number of amides is 1. The van der Waals surface area contributed by atoms with Crippen LogP contribution in [-0.2, 0) is 6.42 Å². The SMILES string of the molecule is CCc1cc(C(=O)N(C)c2cccc(O)c2)cc(Cl)n1. The minimum Gasteiger partial charge on any atom is -0.508 e. The number of carbonyl (C=O) groups is 1. The van der Waals surface area contributed by atoms with Crippen LogP contribution in [0, 0.1) is 0 Å². The minimum atomic E-state index is -0.199. The van der Waals surface area contributed by atoms with Gasteiger partial charge in [0.1, 0.15) is 10.9 Å². The number of rotatable bonds is 3. The molecular weight excluding hydrogens is 276 g/mol. The summed E-state index contributed by atoms with van der Waals surface area (Å²) in [6.07, 6.45) is 0.705. The highest BCUT2D eigenvalue weighted by atomic mass is 35.5. The number of hydrogen-bond acceptors (Lipinski definition) is 3. The molecule has 2 rings (SSSR count). The van der Waals surface area contributed by atoms with Crippen molar-refractivity contribution in [3.63, 3.8) is 0 Å². The van der Waals surface area contributed by atoms with E-state index in [1.807, 2.05) is 6.92 Å². The predicted octanol–water partition coefficient (Wildman–Crippen LogP) is 3.28. The zero-order valence-electron chi connectivity index (χ0n) is 11.3. The molecule has 0 aliphatic heterocycles. The van der Waals surface area contributed by atoms with Gasteiger partial charge >= 0.3 is 0 Å². The largest absolute Gasteiger partial charge is 0.508 e. The van der Waals surface area contributed by atoms with Gasteiger partial charge in [0, 0.05) is 30.1 Å². The lowest BCUT2D eigenvalue weighted by Gasteiger charge is -2.18. The molecule has 0 radical (unpaired) electrons. The van der Waals surface area contributed by atoms with Gasteiger partial charge in [-0.3, -0.25) is 4.79 Å². The maximum atomic E-state index is 12.4. The fraction of sp³-hybridized carbons (Fsp3) is 0.200. The molecule has 4 nitrogen and oxygen atoms in total. The molecule has 2 aromatic rings. The van der Waals surface area contributed by atoms with E-state index in [4.69, 9.17) is 11.6 Å². The molecule has 1 heterocycles. The lowest BCUT2D eigenvalue weighted by atomic mass is 10.1. The van der Waals surface area contributed by atoms with E-state index in [-0.39, 0.29) is 11.7 Å². The Morgan fingerprint density at radius 1 is 1.35 bits per heavy atom. The Hall–Kier alpha value is -2.07. The first-order valence-corrected chi connectivity index (χ1v) is 6.62. The van der Waals surface area contributed by atoms with Crippen LogP contribution < -0.4 is 4.90 Å². The smallest absolute Gasteiger partial charge is 0.258 e. The summed E-state index contributed by atoms with van der Waals surface area (Å²) >= 11 is 5.93. The van der Waals surface area contributed by atoms with Gasteiger partial charge in [-0.1, -0.05) is 24.6 Å². The van der Waals surface area contributed by atoms with E-state index in [1.54, 1.807) is 37.4 Å². The van der Waals surface area contributed by atoms with Crippen molar-refractivity contribution in [1.29, 1.82) is 0 Å². The van der Waals surface area contributed by atoms with Gasteiger partial charge in [-0.05, 0) is 30.7 Å². The second-order valence-electron chi connectivity index (χ2n) is 4.41. The monoisotopic (exact) mass is 290 g/mol. The van der Waals surface area contributed by atoms with Crippen LogP contribution in [-0.4, -0.2) is 23.0 Å². The number of anilines is 1. The summed E-state index contributed by atoms with van der Waals surface area (Å²) in [5, 5.41) is 9.77. The molecule has 5 heteroatoms.